The zero-order valence-corrected chi connectivity index (χ0v) is 28.3. The highest BCUT2D eigenvalue weighted by atomic mass is 19.4. The molecule has 0 atom stereocenters. The van der Waals surface area contributed by atoms with Gasteiger partial charge in [-0.1, -0.05) is 124 Å². The van der Waals surface area contributed by atoms with Gasteiger partial charge in [0.2, 0.25) is 5.91 Å². The topological polar surface area (TPSA) is 41.1 Å². The predicted octanol–water partition coefficient (Wildman–Crippen LogP) is 11.4. The molecule has 0 saturated carbocycles. The van der Waals surface area contributed by atoms with Crippen molar-refractivity contribution in [2.75, 3.05) is 11.9 Å². The number of rotatable bonds is 9. The predicted molar refractivity (Wildman–Crippen MR) is 192 cm³/mol. The number of amides is 1. The van der Waals surface area contributed by atoms with Crippen LogP contribution in [0.1, 0.15) is 54.5 Å². The van der Waals surface area contributed by atoms with Crippen LogP contribution in [-0.2, 0) is 22.8 Å². The summed E-state index contributed by atoms with van der Waals surface area (Å²) in [5.74, 6) is -0.584. The maximum atomic E-state index is 12.9. The van der Waals surface area contributed by atoms with E-state index in [1.54, 1.807) is 0 Å². The zero-order valence-electron chi connectivity index (χ0n) is 28.3. The minimum atomic E-state index is -4.43. The molecular formula is C42H38F6N2O. The number of hydrogen-bond acceptors (Lipinski definition) is 2. The summed E-state index contributed by atoms with van der Waals surface area (Å²) in [6, 6.07) is 35.7. The molecule has 9 heteroatoms. The summed E-state index contributed by atoms with van der Waals surface area (Å²) in [4.78, 5) is 12.9. The second-order valence-corrected chi connectivity index (χ2v) is 12.3. The van der Waals surface area contributed by atoms with E-state index in [9.17, 15) is 31.1 Å². The highest BCUT2D eigenvalue weighted by Gasteiger charge is 2.48. The van der Waals surface area contributed by atoms with Crippen LogP contribution in [0.4, 0.5) is 32.0 Å². The molecule has 1 amide bonds. The zero-order chi connectivity index (χ0) is 36.8. The number of alkyl halides is 6. The SMILES string of the molecule is C=C(Nc1ccc(CC)cc1)c1ccccc1-c1ccc(C(F)(F)F)cc1.CCCC1(C(=O)NCC(F)(F)F)c2ccccc2-c2ccccc21. The third kappa shape index (κ3) is 8.20. The van der Waals surface area contributed by atoms with Crippen LogP contribution in [0, 0.1) is 0 Å². The van der Waals surface area contributed by atoms with E-state index in [2.05, 4.69) is 36.3 Å². The van der Waals surface area contributed by atoms with Crippen LogP contribution in [0.15, 0.2) is 128 Å². The standard InChI is InChI=1S/C23H20F3N.C19H18F3NO/c1-3-17-8-14-20(15-9-17)27-16(2)21-6-4-5-7-22(21)18-10-12-19(13-11-18)23(24,25)26;1-2-11-18(17(24)23-12-19(20,21)22)15-9-5-3-7-13(15)14-8-4-6-10-16(14)18/h4-15,27H,2-3H2,1H3;3-10H,2,11-12H2,1H3,(H,23,24). The van der Waals surface area contributed by atoms with E-state index < -0.39 is 35.8 Å². The number of carbonyl (C=O) groups excluding carboxylic acids is 1. The van der Waals surface area contributed by atoms with Gasteiger partial charge in [0.15, 0.2) is 0 Å². The summed E-state index contributed by atoms with van der Waals surface area (Å²) in [5.41, 5.74) is 6.93. The molecule has 0 saturated heterocycles. The van der Waals surface area contributed by atoms with E-state index in [4.69, 9.17) is 0 Å². The van der Waals surface area contributed by atoms with E-state index in [0.717, 1.165) is 57.6 Å². The Labute approximate surface area is 294 Å². The number of hydrogen-bond donors (Lipinski definition) is 2. The van der Waals surface area contributed by atoms with Gasteiger partial charge in [0, 0.05) is 16.9 Å². The normalized spacial score (nSPS) is 12.9. The first-order chi connectivity index (χ1) is 24.3. The van der Waals surface area contributed by atoms with Gasteiger partial charge in [0.25, 0.3) is 0 Å². The molecule has 264 valence electrons. The first kappa shape index (κ1) is 37.0. The lowest BCUT2D eigenvalue weighted by Gasteiger charge is -2.30. The molecule has 0 radical (unpaired) electrons. The molecule has 0 heterocycles. The molecule has 0 bridgehead atoms. The molecule has 5 aromatic carbocycles. The van der Waals surface area contributed by atoms with Gasteiger partial charge in [-0.3, -0.25) is 4.79 Å². The minimum Gasteiger partial charge on any atom is -0.356 e. The van der Waals surface area contributed by atoms with Crippen LogP contribution in [0.2, 0.25) is 0 Å². The average molecular weight is 701 g/mol. The Hall–Kier alpha value is -5.31. The van der Waals surface area contributed by atoms with Crippen molar-refractivity contribution < 1.29 is 31.1 Å². The van der Waals surface area contributed by atoms with Crippen LogP contribution in [0.25, 0.3) is 28.0 Å². The summed E-state index contributed by atoms with van der Waals surface area (Å²) < 4.78 is 76.2. The molecule has 0 aromatic heterocycles. The van der Waals surface area contributed by atoms with Crippen molar-refractivity contribution in [3.8, 4) is 22.3 Å². The molecule has 51 heavy (non-hydrogen) atoms. The average Bonchev–Trinajstić information content (AvgIpc) is 3.41. The Balaban J connectivity index is 0.000000199. The first-order valence-corrected chi connectivity index (χ1v) is 16.6. The first-order valence-electron chi connectivity index (χ1n) is 16.6. The number of carbonyl (C=O) groups is 1. The van der Waals surface area contributed by atoms with Crippen LogP contribution < -0.4 is 10.6 Å². The number of benzene rings is 5. The van der Waals surface area contributed by atoms with Crippen molar-refractivity contribution in [3.05, 3.63) is 156 Å². The van der Waals surface area contributed by atoms with Gasteiger partial charge in [0.05, 0.1) is 5.56 Å². The van der Waals surface area contributed by atoms with E-state index in [-0.39, 0.29) is 0 Å². The number of halogens is 6. The van der Waals surface area contributed by atoms with Crippen LogP contribution >= 0.6 is 0 Å². The third-order valence-corrected chi connectivity index (χ3v) is 8.96. The Bertz CT molecular complexity index is 1930. The van der Waals surface area contributed by atoms with Crippen LogP contribution in [0.3, 0.4) is 0 Å². The molecule has 0 spiro atoms. The van der Waals surface area contributed by atoms with E-state index in [0.29, 0.717) is 24.1 Å². The van der Waals surface area contributed by atoms with Crippen molar-refractivity contribution >= 4 is 17.3 Å². The molecule has 1 aliphatic rings. The molecule has 0 aliphatic heterocycles. The molecule has 6 rings (SSSR count). The van der Waals surface area contributed by atoms with E-state index in [1.165, 1.54) is 17.7 Å². The van der Waals surface area contributed by atoms with Gasteiger partial charge in [-0.25, -0.2) is 0 Å². The fraction of sp³-hybridized carbons (Fsp3) is 0.214. The Morgan fingerprint density at radius 1 is 0.686 bits per heavy atom. The molecule has 3 nitrogen and oxygen atoms in total. The van der Waals surface area contributed by atoms with Gasteiger partial charge >= 0.3 is 12.4 Å². The smallest absolute Gasteiger partial charge is 0.356 e. The summed E-state index contributed by atoms with van der Waals surface area (Å²) in [6.45, 7) is 6.83. The Kier molecular flexibility index (Phi) is 11.1. The lowest BCUT2D eigenvalue weighted by molar-refractivity contribution is -0.141. The van der Waals surface area contributed by atoms with Crippen molar-refractivity contribution in [2.24, 2.45) is 0 Å². The fourth-order valence-electron chi connectivity index (χ4n) is 6.56. The monoisotopic (exact) mass is 700 g/mol. The molecular weight excluding hydrogens is 662 g/mol. The van der Waals surface area contributed by atoms with Crippen LogP contribution in [0.5, 0.6) is 0 Å². The third-order valence-electron chi connectivity index (χ3n) is 8.96. The Morgan fingerprint density at radius 3 is 1.73 bits per heavy atom. The molecule has 2 N–H and O–H groups in total. The van der Waals surface area contributed by atoms with Crippen molar-refractivity contribution in [3.63, 3.8) is 0 Å². The molecule has 1 aliphatic carbocycles. The van der Waals surface area contributed by atoms with Crippen molar-refractivity contribution in [1.29, 1.82) is 0 Å². The highest BCUT2D eigenvalue weighted by molar-refractivity contribution is 6.00. The summed E-state index contributed by atoms with van der Waals surface area (Å²) >= 11 is 0. The quantitative estimate of drug-likeness (QED) is 0.150. The van der Waals surface area contributed by atoms with Crippen molar-refractivity contribution in [2.45, 2.75) is 50.9 Å². The van der Waals surface area contributed by atoms with E-state index in [1.807, 2.05) is 91.9 Å². The summed E-state index contributed by atoms with van der Waals surface area (Å²) in [5, 5.41) is 5.39. The Morgan fingerprint density at radius 2 is 1.22 bits per heavy atom. The van der Waals surface area contributed by atoms with Gasteiger partial charge in [-0.2, -0.15) is 26.3 Å². The van der Waals surface area contributed by atoms with E-state index >= 15 is 0 Å². The molecule has 0 unspecified atom stereocenters. The van der Waals surface area contributed by atoms with Gasteiger partial charge in [0.1, 0.15) is 12.0 Å². The fourth-order valence-corrected chi connectivity index (χ4v) is 6.56. The van der Waals surface area contributed by atoms with Gasteiger partial charge < -0.3 is 10.6 Å². The molecule has 0 fully saturated rings. The lowest BCUT2D eigenvalue weighted by atomic mass is 9.74. The van der Waals surface area contributed by atoms with Gasteiger partial charge in [-0.05, 0) is 76.1 Å². The number of anilines is 1. The largest absolute Gasteiger partial charge is 0.416 e. The highest BCUT2D eigenvalue weighted by Crippen LogP contribution is 2.51. The second-order valence-electron chi connectivity index (χ2n) is 12.3. The maximum absolute atomic E-state index is 12.9. The number of aryl methyl sites for hydroxylation is 1. The number of nitrogens with one attached hydrogen (secondary N) is 2. The van der Waals surface area contributed by atoms with Crippen molar-refractivity contribution in [1.82, 2.24) is 5.32 Å². The van der Waals surface area contributed by atoms with Crippen LogP contribution in [-0.4, -0.2) is 18.6 Å². The van der Waals surface area contributed by atoms with Gasteiger partial charge in [-0.15, -0.1) is 0 Å². The molecule has 5 aromatic rings. The summed E-state index contributed by atoms with van der Waals surface area (Å²) in [6.07, 6.45) is -6.65. The number of fused-ring (bicyclic) bond motifs is 3. The lowest BCUT2D eigenvalue weighted by Crippen LogP contribution is -2.47. The second kappa shape index (κ2) is 15.3. The summed E-state index contributed by atoms with van der Waals surface area (Å²) in [7, 11) is 0. The maximum Gasteiger partial charge on any atom is 0.416 e. The minimum absolute atomic E-state index is 0.463.